The highest BCUT2D eigenvalue weighted by Gasteiger charge is 2.00. The number of thiazole rings is 1. The number of hydrogen-bond donors (Lipinski definition) is 2. The van der Waals surface area contributed by atoms with Crippen molar-refractivity contribution < 1.29 is 4.74 Å². The summed E-state index contributed by atoms with van der Waals surface area (Å²) >= 11 is 1.65. The van der Waals surface area contributed by atoms with Crippen LogP contribution in [-0.2, 0) is 6.42 Å². The average Bonchev–Trinajstić information content (AvgIpc) is 2.86. The molecule has 0 unspecified atom stereocenters. The van der Waals surface area contributed by atoms with Crippen LogP contribution in [0.1, 0.15) is 24.5 Å². The molecule has 0 radical (unpaired) electrons. The monoisotopic (exact) mass is 318 g/mol. The van der Waals surface area contributed by atoms with Gasteiger partial charge in [-0.2, -0.15) is 0 Å². The zero-order valence-corrected chi connectivity index (χ0v) is 14.0. The summed E-state index contributed by atoms with van der Waals surface area (Å²) in [5, 5.41) is 6.20. The predicted octanol–water partition coefficient (Wildman–Crippen LogP) is 3.21. The van der Waals surface area contributed by atoms with Crippen LogP contribution in [0, 0.1) is 6.92 Å². The van der Waals surface area contributed by atoms with Crippen LogP contribution >= 0.6 is 11.3 Å². The molecule has 6 heteroatoms. The van der Waals surface area contributed by atoms with Gasteiger partial charge < -0.3 is 15.8 Å². The smallest absolute Gasteiger partial charge is 0.193 e. The van der Waals surface area contributed by atoms with Gasteiger partial charge in [0.05, 0.1) is 16.8 Å². The molecular weight excluding hydrogens is 296 g/mol. The Bertz CT molecular complexity index is 619. The van der Waals surface area contributed by atoms with E-state index in [4.69, 9.17) is 10.5 Å². The van der Waals surface area contributed by atoms with E-state index in [-0.39, 0.29) is 6.10 Å². The molecule has 0 fully saturated rings. The largest absolute Gasteiger partial charge is 0.491 e. The summed E-state index contributed by atoms with van der Waals surface area (Å²) in [4.78, 5) is 8.71. The van der Waals surface area contributed by atoms with Crippen molar-refractivity contribution in [3.8, 4) is 5.75 Å². The zero-order valence-electron chi connectivity index (χ0n) is 13.2. The van der Waals surface area contributed by atoms with E-state index in [1.54, 1.807) is 11.3 Å². The van der Waals surface area contributed by atoms with Crippen LogP contribution in [0.4, 0.5) is 5.69 Å². The first kappa shape index (κ1) is 16.3. The molecule has 0 saturated carbocycles. The lowest BCUT2D eigenvalue weighted by atomic mass is 10.3. The van der Waals surface area contributed by atoms with Crippen molar-refractivity contribution >= 4 is 23.0 Å². The van der Waals surface area contributed by atoms with Gasteiger partial charge in [0.15, 0.2) is 5.96 Å². The normalized spacial score (nSPS) is 11.7. The molecule has 0 atom stereocenters. The molecule has 22 heavy (non-hydrogen) atoms. The number of nitrogens with two attached hydrogens (primary N) is 1. The molecule has 2 rings (SSSR count). The second-order valence-corrected chi connectivity index (χ2v) is 6.25. The Balaban J connectivity index is 1.82. The second kappa shape index (κ2) is 7.79. The average molecular weight is 318 g/mol. The number of guanidine groups is 1. The van der Waals surface area contributed by atoms with Crippen LogP contribution in [0.25, 0.3) is 0 Å². The standard InChI is InChI=1S/C16H22N4OS/c1-11(2)21-15-6-4-13(5-7-15)20-16(17)18-9-8-14-10-22-12(3)19-14/h4-7,10-11H,8-9H2,1-3H3,(H3,17,18,20). The number of hydrogen-bond acceptors (Lipinski definition) is 4. The number of anilines is 1. The molecule has 118 valence electrons. The number of benzene rings is 1. The van der Waals surface area contributed by atoms with Crippen LogP contribution in [0.3, 0.4) is 0 Å². The first-order chi connectivity index (χ1) is 10.5. The summed E-state index contributed by atoms with van der Waals surface area (Å²) in [5.74, 6) is 1.25. The molecule has 1 aromatic carbocycles. The molecule has 0 aliphatic rings. The van der Waals surface area contributed by atoms with Gasteiger partial charge in [0.2, 0.25) is 0 Å². The van der Waals surface area contributed by atoms with Gasteiger partial charge in [-0.1, -0.05) is 0 Å². The van der Waals surface area contributed by atoms with Crippen LogP contribution in [0.15, 0.2) is 34.6 Å². The SMILES string of the molecule is Cc1nc(CCN=C(N)Nc2ccc(OC(C)C)cc2)cs1. The molecule has 1 aromatic heterocycles. The molecular formula is C16H22N4OS. The number of ether oxygens (including phenoxy) is 1. The summed E-state index contributed by atoms with van der Waals surface area (Å²) in [7, 11) is 0. The Morgan fingerprint density at radius 2 is 2.09 bits per heavy atom. The summed E-state index contributed by atoms with van der Waals surface area (Å²) in [6.07, 6.45) is 0.966. The molecule has 0 bridgehead atoms. The van der Waals surface area contributed by atoms with E-state index in [0.29, 0.717) is 12.5 Å². The van der Waals surface area contributed by atoms with Gasteiger partial charge in [-0.25, -0.2) is 4.98 Å². The first-order valence-corrected chi connectivity index (χ1v) is 8.15. The van der Waals surface area contributed by atoms with Crippen molar-refractivity contribution in [1.82, 2.24) is 4.98 Å². The second-order valence-electron chi connectivity index (χ2n) is 5.19. The third-order valence-electron chi connectivity index (χ3n) is 2.82. The maximum absolute atomic E-state index is 5.88. The quantitative estimate of drug-likeness (QED) is 0.633. The van der Waals surface area contributed by atoms with E-state index >= 15 is 0 Å². The van der Waals surface area contributed by atoms with E-state index in [1.807, 2.05) is 45.0 Å². The first-order valence-electron chi connectivity index (χ1n) is 7.27. The third kappa shape index (κ3) is 5.37. The van der Waals surface area contributed by atoms with Gasteiger partial charge in [0.1, 0.15) is 5.75 Å². The minimum atomic E-state index is 0.166. The lowest BCUT2D eigenvalue weighted by Gasteiger charge is -2.10. The van der Waals surface area contributed by atoms with Crippen LogP contribution < -0.4 is 15.8 Å². The lowest BCUT2D eigenvalue weighted by molar-refractivity contribution is 0.242. The van der Waals surface area contributed by atoms with Crippen molar-refractivity contribution in [2.24, 2.45) is 10.7 Å². The Kier molecular flexibility index (Phi) is 5.77. The maximum atomic E-state index is 5.88. The Hall–Kier alpha value is -2.08. The van der Waals surface area contributed by atoms with Gasteiger partial charge in [0, 0.05) is 24.0 Å². The summed E-state index contributed by atoms with van der Waals surface area (Å²) in [6.45, 7) is 6.62. The van der Waals surface area contributed by atoms with Crippen LogP contribution in [0.2, 0.25) is 0 Å². The number of aryl methyl sites for hydroxylation is 1. The van der Waals surface area contributed by atoms with E-state index < -0.39 is 0 Å². The number of aliphatic imine (C=N–C) groups is 1. The Labute approximate surface area is 135 Å². The fourth-order valence-electron chi connectivity index (χ4n) is 1.89. The molecule has 0 aliphatic carbocycles. The van der Waals surface area contributed by atoms with Crippen LogP contribution in [0.5, 0.6) is 5.75 Å². The van der Waals surface area contributed by atoms with E-state index in [9.17, 15) is 0 Å². The van der Waals surface area contributed by atoms with Crippen molar-refractivity contribution in [3.05, 3.63) is 40.3 Å². The molecule has 0 spiro atoms. The highest BCUT2D eigenvalue weighted by atomic mass is 32.1. The van der Waals surface area contributed by atoms with E-state index in [2.05, 4.69) is 20.7 Å². The van der Waals surface area contributed by atoms with E-state index in [0.717, 1.165) is 28.6 Å². The van der Waals surface area contributed by atoms with Crippen molar-refractivity contribution in [2.45, 2.75) is 33.3 Å². The molecule has 0 amide bonds. The Morgan fingerprint density at radius 1 is 1.36 bits per heavy atom. The summed E-state index contributed by atoms with van der Waals surface area (Å²) < 4.78 is 5.59. The number of nitrogens with one attached hydrogen (secondary N) is 1. The fourth-order valence-corrected chi connectivity index (χ4v) is 2.54. The van der Waals surface area contributed by atoms with E-state index in [1.165, 1.54) is 0 Å². The highest BCUT2D eigenvalue weighted by molar-refractivity contribution is 7.09. The fraction of sp³-hybridized carbons (Fsp3) is 0.375. The molecule has 1 heterocycles. The minimum Gasteiger partial charge on any atom is -0.491 e. The maximum Gasteiger partial charge on any atom is 0.193 e. The van der Waals surface area contributed by atoms with Gasteiger partial charge in [-0.3, -0.25) is 4.99 Å². The lowest BCUT2D eigenvalue weighted by Crippen LogP contribution is -2.23. The molecule has 2 aromatic rings. The number of rotatable bonds is 6. The van der Waals surface area contributed by atoms with Gasteiger partial charge in [-0.05, 0) is 45.0 Å². The van der Waals surface area contributed by atoms with Crippen molar-refractivity contribution in [1.29, 1.82) is 0 Å². The predicted molar refractivity (Wildman–Crippen MR) is 92.9 cm³/mol. The third-order valence-corrected chi connectivity index (χ3v) is 3.64. The minimum absolute atomic E-state index is 0.166. The van der Waals surface area contributed by atoms with Crippen molar-refractivity contribution in [3.63, 3.8) is 0 Å². The van der Waals surface area contributed by atoms with Crippen LogP contribution in [-0.4, -0.2) is 23.6 Å². The summed E-state index contributed by atoms with van der Waals surface area (Å²) in [6, 6.07) is 7.66. The highest BCUT2D eigenvalue weighted by Crippen LogP contribution is 2.16. The van der Waals surface area contributed by atoms with Gasteiger partial charge in [0.25, 0.3) is 0 Å². The number of aromatic nitrogens is 1. The van der Waals surface area contributed by atoms with Crippen molar-refractivity contribution in [2.75, 3.05) is 11.9 Å². The topological polar surface area (TPSA) is 72.5 Å². The van der Waals surface area contributed by atoms with Gasteiger partial charge in [-0.15, -0.1) is 11.3 Å². The molecule has 5 nitrogen and oxygen atoms in total. The molecule has 3 N–H and O–H groups in total. The zero-order chi connectivity index (χ0) is 15.9. The Morgan fingerprint density at radius 3 is 2.68 bits per heavy atom. The van der Waals surface area contributed by atoms with Gasteiger partial charge >= 0.3 is 0 Å². The molecule has 0 saturated heterocycles. The number of nitrogens with zero attached hydrogens (tertiary/aromatic N) is 2. The summed E-state index contributed by atoms with van der Waals surface area (Å²) in [5.41, 5.74) is 7.84. The molecule has 0 aliphatic heterocycles.